The molecular formula is C24H25N5O3S2. The van der Waals surface area contributed by atoms with E-state index in [1.165, 1.54) is 11.3 Å². The first kappa shape index (κ1) is 22.7. The van der Waals surface area contributed by atoms with Gasteiger partial charge in [-0.25, -0.2) is 18.1 Å². The molecule has 1 fully saturated rings. The Kier molecular flexibility index (Phi) is 5.97. The van der Waals surface area contributed by atoms with E-state index in [4.69, 9.17) is 10.7 Å². The lowest BCUT2D eigenvalue weighted by atomic mass is 9.91. The Morgan fingerprint density at radius 2 is 2.03 bits per heavy atom. The molecule has 1 amide bonds. The van der Waals surface area contributed by atoms with Crippen LogP contribution in [-0.2, 0) is 10.0 Å². The van der Waals surface area contributed by atoms with Gasteiger partial charge in [0.2, 0.25) is 15.9 Å². The van der Waals surface area contributed by atoms with Crippen molar-refractivity contribution in [3.63, 3.8) is 0 Å². The maximum Gasteiger partial charge on any atom is 0.250 e. The first-order valence-electron chi connectivity index (χ1n) is 11.1. The third-order valence-corrected chi connectivity index (χ3v) is 9.20. The lowest BCUT2D eigenvalue weighted by Crippen LogP contribution is -2.38. The summed E-state index contributed by atoms with van der Waals surface area (Å²) in [4.78, 5) is 22.0. The number of hydrogen-bond donors (Lipinski definition) is 2. The standard InChI is InChI=1S/C24H25N5O3S2/c1-15-8-11-22(33-15)34(31,32)28-17-5-4-6-18(14-17)29-21-10-9-16(23(25)30)13-20(21)27-24(29)19-7-2-3-12-26-19/h2-3,7-13,17-18,28H,4-6,14H2,1H3,(H2,25,30). The van der Waals surface area contributed by atoms with Gasteiger partial charge in [0.05, 0.1) is 11.0 Å². The Morgan fingerprint density at radius 3 is 2.74 bits per heavy atom. The number of carbonyl (C=O) groups is 1. The summed E-state index contributed by atoms with van der Waals surface area (Å²) >= 11 is 1.28. The first-order valence-corrected chi connectivity index (χ1v) is 13.4. The number of hydrogen-bond acceptors (Lipinski definition) is 6. The van der Waals surface area contributed by atoms with Gasteiger partial charge in [0.25, 0.3) is 0 Å². The maximum absolute atomic E-state index is 12.9. The van der Waals surface area contributed by atoms with Gasteiger partial charge in [0.15, 0.2) is 5.82 Å². The van der Waals surface area contributed by atoms with E-state index in [1.807, 2.05) is 37.3 Å². The average Bonchev–Trinajstić information content (AvgIpc) is 3.43. The molecule has 0 aliphatic heterocycles. The molecule has 2 unspecified atom stereocenters. The van der Waals surface area contributed by atoms with E-state index in [-0.39, 0.29) is 12.1 Å². The number of aromatic nitrogens is 3. The van der Waals surface area contributed by atoms with E-state index >= 15 is 0 Å². The zero-order valence-electron chi connectivity index (χ0n) is 18.6. The molecule has 0 saturated heterocycles. The van der Waals surface area contributed by atoms with Crippen LogP contribution in [0.3, 0.4) is 0 Å². The fourth-order valence-electron chi connectivity index (χ4n) is 4.64. The maximum atomic E-state index is 12.9. The molecule has 4 aromatic rings. The smallest absolute Gasteiger partial charge is 0.250 e. The summed E-state index contributed by atoms with van der Waals surface area (Å²) in [6.45, 7) is 1.90. The largest absolute Gasteiger partial charge is 0.366 e. The molecule has 2 atom stereocenters. The second-order valence-corrected chi connectivity index (χ2v) is 11.8. The fourth-order valence-corrected chi connectivity index (χ4v) is 7.22. The second kappa shape index (κ2) is 8.94. The normalized spacial score (nSPS) is 18.9. The molecule has 3 aromatic heterocycles. The van der Waals surface area contributed by atoms with Gasteiger partial charge in [0, 0.05) is 28.7 Å². The molecular weight excluding hydrogens is 470 g/mol. The van der Waals surface area contributed by atoms with Crippen LogP contribution in [-0.4, -0.2) is 34.9 Å². The van der Waals surface area contributed by atoms with Gasteiger partial charge in [-0.3, -0.25) is 9.78 Å². The van der Waals surface area contributed by atoms with E-state index in [0.717, 1.165) is 35.4 Å². The Bertz CT molecular complexity index is 1460. The van der Waals surface area contributed by atoms with Crippen molar-refractivity contribution in [2.45, 2.75) is 48.9 Å². The number of aryl methyl sites for hydroxylation is 1. The quantitative estimate of drug-likeness (QED) is 0.418. The van der Waals surface area contributed by atoms with E-state index in [0.29, 0.717) is 27.5 Å². The number of pyridine rings is 1. The minimum atomic E-state index is -3.57. The number of benzene rings is 1. The first-order chi connectivity index (χ1) is 16.3. The van der Waals surface area contributed by atoms with E-state index in [2.05, 4.69) is 14.3 Å². The third-order valence-electron chi connectivity index (χ3n) is 6.18. The van der Waals surface area contributed by atoms with E-state index in [9.17, 15) is 13.2 Å². The summed E-state index contributed by atoms with van der Waals surface area (Å²) in [6, 6.07) is 14.2. The van der Waals surface area contributed by atoms with Gasteiger partial charge in [-0.05, 0) is 75.1 Å². The molecule has 1 aliphatic rings. The predicted octanol–water partition coefficient (Wildman–Crippen LogP) is 4.03. The van der Waals surface area contributed by atoms with Gasteiger partial charge in [-0.15, -0.1) is 11.3 Å². The Morgan fingerprint density at radius 1 is 1.18 bits per heavy atom. The molecule has 3 heterocycles. The van der Waals surface area contributed by atoms with Crippen LogP contribution in [0.15, 0.2) is 58.9 Å². The van der Waals surface area contributed by atoms with Crippen molar-refractivity contribution in [1.29, 1.82) is 0 Å². The van der Waals surface area contributed by atoms with Gasteiger partial charge in [0.1, 0.15) is 9.90 Å². The molecule has 1 aliphatic carbocycles. The number of thiophene rings is 1. The van der Waals surface area contributed by atoms with Gasteiger partial charge >= 0.3 is 0 Å². The zero-order valence-corrected chi connectivity index (χ0v) is 20.3. The van der Waals surface area contributed by atoms with Crippen LogP contribution < -0.4 is 10.5 Å². The lowest BCUT2D eigenvalue weighted by molar-refractivity contribution is 0.100. The predicted molar refractivity (Wildman–Crippen MR) is 132 cm³/mol. The molecule has 1 saturated carbocycles. The molecule has 0 bridgehead atoms. The fraction of sp³-hybridized carbons (Fsp3) is 0.292. The van der Waals surface area contributed by atoms with E-state index < -0.39 is 15.9 Å². The zero-order chi connectivity index (χ0) is 23.9. The lowest BCUT2D eigenvalue weighted by Gasteiger charge is -2.31. The molecule has 0 spiro atoms. The highest BCUT2D eigenvalue weighted by atomic mass is 32.2. The van der Waals surface area contributed by atoms with Crippen LogP contribution >= 0.6 is 11.3 Å². The highest BCUT2D eigenvalue weighted by molar-refractivity contribution is 7.91. The number of rotatable bonds is 6. The number of nitrogens with two attached hydrogens (primary N) is 1. The number of sulfonamides is 1. The van der Waals surface area contributed by atoms with Crippen LogP contribution in [0.1, 0.15) is 47.0 Å². The number of nitrogens with zero attached hydrogens (tertiary/aromatic N) is 3. The third kappa shape index (κ3) is 4.36. The van der Waals surface area contributed by atoms with Crippen LogP contribution in [0.25, 0.3) is 22.6 Å². The van der Waals surface area contributed by atoms with Crippen molar-refractivity contribution in [3.8, 4) is 11.5 Å². The Balaban J connectivity index is 1.52. The van der Waals surface area contributed by atoms with Crippen molar-refractivity contribution >= 4 is 38.3 Å². The van der Waals surface area contributed by atoms with Crippen LogP contribution in [0, 0.1) is 6.92 Å². The summed E-state index contributed by atoms with van der Waals surface area (Å²) in [6.07, 6.45) is 4.89. The molecule has 3 N–H and O–H groups in total. The summed E-state index contributed by atoms with van der Waals surface area (Å²) in [5.74, 6) is 0.186. The molecule has 34 heavy (non-hydrogen) atoms. The number of amides is 1. The number of fused-ring (bicyclic) bond motifs is 1. The van der Waals surface area contributed by atoms with Gasteiger partial charge in [-0.1, -0.05) is 6.07 Å². The number of carbonyl (C=O) groups excluding carboxylic acids is 1. The van der Waals surface area contributed by atoms with Crippen LogP contribution in [0.2, 0.25) is 0 Å². The van der Waals surface area contributed by atoms with Gasteiger partial charge < -0.3 is 10.3 Å². The monoisotopic (exact) mass is 495 g/mol. The number of imidazole rings is 1. The Hall–Kier alpha value is -3.08. The minimum absolute atomic E-state index is 0.0213. The molecule has 10 heteroatoms. The van der Waals surface area contributed by atoms with Crippen LogP contribution in [0.4, 0.5) is 0 Å². The van der Waals surface area contributed by atoms with Crippen molar-refractivity contribution in [3.05, 3.63) is 65.2 Å². The average molecular weight is 496 g/mol. The molecule has 0 radical (unpaired) electrons. The highest BCUT2D eigenvalue weighted by Gasteiger charge is 2.30. The summed E-state index contributed by atoms with van der Waals surface area (Å²) in [5, 5.41) is 0. The second-order valence-electron chi connectivity index (χ2n) is 8.59. The van der Waals surface area contributed by atoms with Crippen molar-refractivity contribution in [2.75, 3.05) is 0 Å². The molecule has 5 rings (SSSR count). The molecule has 8 nitrogen and oxygen atoms in total. The topological polar surface area (TPSA) is 120 Å². The Labute approximate surface area is 201 Å². The van der Waals surface area contributed by atoms with Gasteiger partial charge in [-0.2, -0.15) is 0 Å². The molecule has 176 valence electrons. The minimum Gasteiger partial charge on any atom is -0.366 e. The highest BCUT2D eigenvalue weighted by Crippen LogP contribution is 2.36. The summed E-state index contributed by atoms with van der Waals surface area (Å²) in [5.41, 5.74) is 8.12. The van der Waals surface area contributed by atoms with Crippen LogP contribution in [0.5, 0.6) is 0 Å². The summed E-state index contributed by atoms with van der Waals surface area (Å²) in [7, 11) is -3.57. The SMILES string of the molecule is Cc1ccc(S(=O)(=O)NC2CCCC(n3c(-c4ccccn4)nc4cc(C(N)=O)ccc43)C2)s1. The van der Waals surface area contributed by atoms with Crippen molar-refractivity contribution < 1.29 is 13.2 Å². The van der Waals surface area contributed by atoms with E-state index in [1.54, 1.807) is 24.4 Å². The summed E-state index contributed by atoms with van der Waals surface area (Å²) < 4.78 is 31.3. The number of primary amides is 1. The number of nitrogens with one attached hydrogen (secondary N) is 1. The molecule has 1 aromatic carbocycles. The van der Waals surface area contributed by atoms with Crippen molar-refractivity contribution in [2.24, 2.45) is 5.73 Å². The van der Waals surface area contributed by atoms with Crippen molar-refractivity contribution in [1.82, 2.24) is 19.3 Å².